The number of fused-ring (bicyclic) bond motifs is 1. The zero-order valence-corrected chi connectivity index (χ0v) is 10.7. The van der Waals surface area contributed by atoms with E-state index in [4.69, 9.17) is 10.5 Å². The second-order valence-corrected chi connectivity index (χ2v) is 4.74. The second-order valence-electron chi connectivity index (χ2n) is 3.71. The van der Waals surface area contributed by atoms with Gasteiger partial charge in [-0.15, -0.1) is 16.4 Å². The quantitative estimate of drug-likeness (QED) is 0.754. The molecule has 96 valence electrons. The lowest BCUT2D eigenvalue weighted by Gasteiger charge is -1.96. The average Bonchev–Trinajstić information content (AvgIpc) is 3.02. The van der Waals surface area contributed by atoms with Crippen molar-refractivity contribution in [1.29, 1.82) is 0 Å². The molecule has 0 amide bonds. The largest absolute Gasteiger partial charge is 0.497 e. The smallest absolute Gasteiger partial charge is 0.308 e. The number of nitrogens with two attached hydrogens (primary N) is 1. The van der Waals surface area contributed by atoms with Crippen LogP contribution in [0.5, 0.6) is 5.75 Å². The van der Waals surface area contributed by atoms with Gasteiger partial charge in [0, 0.05) is 6.07 Å². The maximum atomic E-state index is 12.1. The van der Waals surface area contributed by atoms with E-state index in [-0.39, 0.29) is 11.9 Å². The zero-order chi connectivity index (χ0) is 13.4. The second kappa shape index (κ2) is 4.32. The van der Waals surface area contributed by atoms with Gasteiger partial charge in [0.25, 0.3) is 0 Å². The molecule has 0 spiro atoms. The number of carbonyl (C=O) groups excluding carboxylic acids is 1. The van der Waals surface area contributed by atoms with Crippen LogP contribution in [-0.4, -0.2) is 32.8 Å². The molecule has 2 heterocycles. The minimum absolute atomic E-state index is 0.0520. The van der Waals surface area contributed by atoms with Crippen molar-refractivity contribution < 1.29 is 9.53 Å². The molecule has 0 saturated carbocycles. The number of carbonyl (C=O) groups is 1. The number of nitrogen functional groups attached to an aromatic ring is 1. The van der Waals surface area contributed by atoms with Gasteiger partial charge in [-0.05, 0) is 12.1 Å². The topological polar surface area (TPSA) is 95.9 Å². The molecule has 3 rings (SSSR count). The Morgan fingerprint density at radius 1 is 1.47 bits per heavy atom. The van der Waals surface area contributed by atoms with Gasteiger partial charge in [0.15, 0.2) is 5.01 Å². The molecular formula is C11H9N5O2S. The summed E-state index contributed by atoms with van der Waals surface area (Å²) in [6.45, 7) is 0. The van der Waals surface area contributed by atoms with Gasteiger partial charge in [0.2, 0.25) is 5.95 Å². The number of thiazole rings is 1. The molecule has 0 atom stereocenters. The number of nitrogens with zero attached hydrogens (tertiary/aromatic N) is 4. The summed E-state index contributed by atoms with van der Waals surface area (Å²) < 4.78 is 7.09. The van der Waals surface area contributed by atoms with Gasteiger partial charge in [0.1, 0.15) is 12.1 Å². The summed E-state index contributed by atoms with van der Waals surface area (Å²) in [7, 11) is 1.58. The summed E-state index contributed by atoms with van der Waals surface area (Å²) in [4.78, 5) is 20.1. The van der Waals surface area contributed by atoms with Crippen LogP contribution in [-0.2, 0) is 0 Å². The Kier molecular flexibility index (Phi) is 2.64. The van der Waals surface area contributed by atoms with Crippen molar-refractivity contribution in [3.63, 3.8) is 0 Å². The van der Waals surface area contributed by atoms with E-state index in [1.54, 1.807) is 13.2 Å². The normalized spacial score (nSPS) is 10.8. The molecule has 0 aliphatic rings. The lowest BCUT2D eigenvalue weighted by Crippen LogP contribution is -2.12. The fraction of sp³-hybridized carbons (Fsp3) is 0.0909. The van der Waals surface area contributed by atoms with Gasteiger partial charge in [-0.1, -0.05) is 0 Å². The first-order valence-electron chi connectivity index (χ1n) is 5.34. The minimum atomic E-state index is -0.357. The number of hydrogen-bond acceptors (Lipinski definition) is 7. The van der Waals surface area contributed by atoms with E-state index >= 15 is 0 Å². The molecule has 2 aromatic heterocycles. The Labute approximate surface area is 111 Å². The predicted molar refractivity (Wildman–Crippen MR) is 70.3 cm³/mol. The van der Waals surface area contributed by atoms with Gasteiger partial charge in [-0.3, -0.25) is 4.79 Å². The summed E-state index contributed by atoms with van der Waals surface area (Å²) in [5, 5.41) is 4.09. The Bertz CT molecular complexity index is 763. The molecule has 0 fully saturated rings. The summed E-state index contributed by atoms with van der Waals surface area (Å²) in [6, 6.07) is 5.46. The van der Waals surface area contributed by atoms with E-state index in [1.165, 1.54) is 17.7 Å². The molecule has 0 aliphatic carbocycles. The van der Waals surface area contributed by atoms with Gasteiger partial charge >= 0.3 is 5.91 Å². The Hall–Kier alpha value is -2.48. The summed E-state index contributed by atoms with van der Waals surface area (Å²) in [6.07, 6.45) is 1.27. The van der Waals surface area contributed by atoms with Crippen molar-refractivity contribution in [1.82, 2.24) is 19.7 Å². The summed E-state index contributed by atoms with van der Waals surface area (Å²) in [5.41, 5.74) is 6.09. The fourth-order valence-electron chi connectivity index (χ4n) is 1.60. The molecule has 8 heteroatoms. The molecule has 1 aromatic carbocycles. The van der Waals surface area contributed by atoms with Crippen LogP contribution in [0.15, 0.2) is 24.5 Å². The molecule has 7 nitrogen and oxygen atoms in total. The van der Waals surface area contributed by atoms with Crippen LogP contribution in [0.1, 0.15) is 9.80 Å². The van der Waals surface area contributed by atoms with Crippen LogP contribution in [0.25, 0.3) is 10.2 Å². The fourth-order valence-corrected chi connectivity index (χ4v) is 2.48. The number of ether oxygens (including phenoxy) is 1. The van der Waals surface area contributed by atoms with Crippen molar-refractivity contribution in [2.45, 2.75) is 0 Å². The Balaban J connectivity index is 2.03. The third-order valence-corrected chi connectivity index (χ3v) is 3.52. The lowest BCUT2D eigenvalue weighted by molar-refractivity contribution is 0.0945. The van der Waals surface area contributed by atoms with Crippen molar-refractivity contribution in [2.24, 2.45) is 0 Å². The third kappa shape index (κ3) is 2.02. The molecule has 0 bridgehead atoms. The molecule has 0 aliphatic heterocycles. The number of anilines is 1. The zero-order valence-electron chi connectivity index (χ0n) is 9.90. The summed E-state index contributed by atoms with van der Waals surface area (Å²) in [5.74, 6) is 0.391. The van der Waals surface area contributed by atoms with Gasteiger partial charge in [-0.2, -0.15) is 4.68 Å². The van der Waals surface area contributed by atoms with Crippen molar-refractivity contribution in [3.8, 4) is 5.75 Å². The van der Waals surface area contributed by atoms with Crippen LogP contribution < -0.4 is 10.5 Å². The van der Waals surface area contributed by atoms with Crippen LogP contribution in [0.3, 0.4) is 0 Å². The number of methoxy groups -OCH3 is 1. The van der Waals surface area contributed by atoms with E-state index < -0.39 is 0 Å². The monoisotopic (exact) mass is 275 g/mol. The van der Waals surface area contributed by atoms with Gasteiger partial charge in [-0.25, -0.2) is 9.97 Å². The first-order chi connectivity index (χ1) is 9.17. The van der Waals surface area contributed by atoms with Crippen LogP contribution in [0.4, 0.5) is 5.95 Å². The molecule has 3 aromatic rings. The van der Waals surface area contributed by atoms with E-state index in [9.17, 15) is 4.79 Å². The van der Waals surface area contributed by atoms with Gasteiger partial charge < -0.3 is 10.5 Å². The average molecular weight is 275 g/mol. The molecule has 19 heavy (non-hydrogen) atoms. The van der Waals surface area contributed by atoms with Crippen LogP contribution in [0, 0.1) is 0 Å². The van der Waals surface area contributed by atoms with Crippen molar-refractivity contribution >= 4 is 33.4 Å². The Morgan fingerprint density at radius 2 is 2.32 bits per heavy atom. The van der Waals surface area contributed by atoms with E-state index in [0.717, 1.165) is 9.38 Å². The molecule has 2 N–H and O–H groups in total. The highest BCUT2D eigenvalue weighted by atomic mass is 32.1. The summed E-state index contributed by atoms with van der Waals surface area (Å²) >= 11 is 1.28. The first kappa shape index (κ1) is 11.6. The van der Waals surface area contributed by atoms with E-state index in [2.05, 4.69) is 15.1 Å². The molecule has 0 saturated heterocycles. The number of rotatable bonds is 2. The molecule has 0 radical (unpaired) electrons. The highest BCUT2D eigenvalue weighted by Gasteiger charge is 2.16. The molecular weight excluding hydrogens is 266 g/mol. The third-order valence-electron chi connectivity index (χ3n) is 2.50. The first-order valence-corrected chi connectivity index (χ1v) is 6.15. The molecule has 0 unspecified atom stereocenters. The number of hydrogen-bond donors (Lipinski definition) is 1. The van der Waals surface area contributed by atoms with E-state index in [0.29, 0.717) is 16.3 Å². The minimum Gasteiger partial charge on any atom is -0.497 e. The Morgan fingerprint density at radius 3 is 3.00 bits per heavy atom. The van der Waals surface area contributed by atoms with Crippen molar-refractivity contribution in [2.75, 3.05) is 12.8 Å². The predicted octanol–water partition coefficient (Wildman–Crippen LogP) is 1.17. The van der Waals surface area contributed by atoms with Crippen molar-refractivity contribution in [3.05, 3.63) is 29.5 Å². The SMILES string of the molecule is COc1ccc2sc(C(=O)n3cnc(N)n3)nc2c1. The number of benzene rings is 1. The van der Waals surface area contributed by atoms with Crippen LogP contribution in [0.2, 0.25) is 0 Å². The van der Waals surface area contributed by atoms with Crippen LogP contribution >= 0.6 is 11.3 Å². The highest BCUT2D eigenvalue weighted by Crippen LogP contribution is 2.26. The maximum absolute atomic E-state index is 12.1. The standard InChI is InChI=1S/C11H9N5O2S/c1-18-6-2-3-8-7(4-6)14-9(19-8)10(17)16-5-13-11(12)15-16/h2-5H,1H3,(H2,12,15). The number of aromatic nitrogens is 4. The maximum Gasteiger partial charge on any atom is 0.308 e. The van der Waals surface area contributed by atoms with E-state index in [1.807, 2.05) is 12.1 Å². The van der Waals surface area contributed by atoms with Gasteiger partial charge in [0.05, 0.1) is 17.3 Å². The highest BCUT2D eigenvalue weighted by molar-refractivity contribution is 7.20. The lowest BCUT2D eigenvalue weighted by atomic mass is 10.3.